The number of hydrogen-bond acceptors (Lipinski definition) is 2. The van der Waals surface area contributed by atoms with Gasteiger partial charge in [0.15, 0.2) is 0 Å². The summed E-state index contributed by atoms with van der Waals surface area (Å²) in [6.07, 6.45) is 8.86. The van der Waals surface area contributed by atoms with Gasteiger partial charge in [-0.1, -0.05) is 18.6 Å². The SMILES string of the molecule is C=CCN(CC=C)C(=O)CCC1CCCCN1. The second-order valence-electron chi connectivity index (χ2n) is 4.56. The monoisotopic (exact) mass is 236 g/mol. The molecule has 1 saturated heterocycles. The number of rotatable bonds is 7. The summed E-state index contributed by atoms with van der Waals surface area (Å²) >= 11 is 0. The maximum atomic E-state index is 12.0. The molecule has 1 rings (SSSR count). The van der Waals surface area contributed by atoms with Crippen LogP contribution in [0.2, 0.25) is 0 Å². The van der Waals surface area contributed by atoms with Crippen molar-refractivity contribution in [1.29, 1.82) is 0 Å². The molecule has 1 aliphatic rings. The van der Waals surface area contributed by atoms with E-state index in [1.165, 1.54) is 19.3 Å². The van der Waals surface area contributed by atoms with Crippen molar-refractivity contribution < 1.29 is 4.79 Å². The van der Waals surface area contributed by atoms with E-state index < -0.39 is 0 Å². The molecule has 0 saturated carbocycles. The van der Waals surface area contributed by atoms with Crippen molar-refractivity contribution >= 4 is 5.91 Å². The van der Waals surface area contributed by atoms with Crippen LogP contribution < -0.4 is 5.32 Å². The van der Waals surface area contributed by atoms with Crippen LogP contribution in [0.25, 0.3) is 0 Å². The highest BCUT2D eigenvalue weighted by Gasteiger charge is 2.16. The average Bonchev–Trinajstić information content (AvgIpc) is 2.37. The standard InChI is InChI=1S/C14H24N2O/c1-3-11-16(12-4-2)14(17)9-8-13-7-5-6-10-15-13/h3-4,13,15H,1-2,5-12H2. The molecule has 1 amide bonds. The molecule has 96 valence electrons. The molecule has 1 aliphatic heterocycles. The van der Waals surface area contributed by atoms with Crippen molar-refractivity contribution in [3.63, 3.8) is 0 Å². The lowest BCUT2D eigenvalue weighted by atomic mass is 10.0. The van der Waals surface area contributed by atoms with Crippen LogP contribution in [0.1, 0.15) is 32.1 Å². The summed E-state index contributed by atoms with van der Waals surface area (Å²) in [7, 11) is 0. The van der Waals surface area contributed by atoms with E-state index in [4.69, 9.17) is 0 Å². The van der Waals surface area contributed by atoms with Crippen molar-refractivity contribution in [2.75, 3.05) is 19.6 Å². The van der Waals surface area contributed by atoms with Gasteiger partial charge in [0.2, 0.25) is 5.91 Å². The van der Waals surface area contributed by atoms with Gasteiger partial charge in [0.05, 0.1) is 0 Å². The van der Waals surface area contributed by atoms with Crippen molar-refractivity contribution in [2.45, 2.75) is 38.1 Å². The van der Waals surface area contributed by atoms with Crippen molar-refractivity contribution in [1.82, 2.24) is 10.2 Å². The number of hydrogen-bond donors (Lipinski definition) is 1. The second kappa shape index (κ2) is 8.07. The summed E-state index contributed by atoms with van der Waals surface area (Å²) in [5, 5.41) is 3.47. The van der Waals surface area contributed by atoms with E-state index in [0.29, 0.717) is 25.6 Å². The number of piperidine rings is 1. The molecule has 0 spiro atoms. The Morgan fingerprint density at radius 1 is 1.29 bits per heavy atom. The molecule has 0 aromatic carbocycles. The molecule has 0 aromatic rings. The lowest BCUT2D eigenvalue weighted by Crippen LogP contribution is -2.36. The topological polar surface area (TPSA) is 32.3 Å². The molecule has 1 fully saturated rings. The summed E-state index contributed by atoms with van der Waals surface area (Å²) in [5.41, 5.74) is 0. The second-order valence-corrected chi connectivity index (χ2v) is 4.56. The number of nitrogens with one attached hydrogen (secondary N) is 1. The summed E-state index contributed by atoms with van der Waals surface area (Å²) in [6, 6.07) is 0.530. The third-order valence-corrected chi connectivity index (χ3v) is 3.17. The van der Waals surface area contributed by atoms with Crippen LogP contribution in [0, 0.1) is 0 Å². The van der Waals surface area contributed by atoms with Gasteiger partial charge in [-0.15, -0.1) is 13.2 Å². The molecule has 1 N–H and O–H groups in total. The first-order valence-electron chi connectivity index (χ1n) is 6.51. The van der Waals surface area contributed by atoms with Gasteiger partial charge in [-0.3, -0.25) is 4.79 Å². The Hall–Kier alpha value is -1.09. The van der Waals surface area contributed by atoms with E-state index in [1.54, 1.807) is 17.1 Å². The van der Waals surface area contributed by atoms with E-state index in [1.807, 2.05) is 0 Å². The highest BCUT2D eigenvalue weighted by molar-refractivity contribution is 5.76. The third kappa shape index (κ3) is 5.18. The predicted octanol–water partition coefficient (Wildman–Crippen LogP) is 2.11. The van der Waals surface area contributed by atoms with E-state index in [2.05, 4.69) is 18.5 Å². The zero-order valence-corrected chi connectivity index (χ0v) is 10.7. The molecule has 1 unspecified atom stereocenters. The van der Waals surface area contributed by atoms with E-state index in [0.717, 1.165) is 13.0 Å². The van der Waals surface area contributed by atoms with Gasteiger partial charge in [-0.05, 0) is 25.8 Å². The van der Waals surface area contributed by atoms with Crippen LogP contribution in [0.5, 0.6) is 0 Å². The molecule has 0 bridgehead atoms. The van der Waals surface area contributed by atoms with Crippen molar-refractivity contribution in [3.05, 3.63) is 25.3 Å². The van der Waals surface area contributed by atoms with Gasteiger partial charge in [-0.2, -0.15) is 0 Å². The summed E-state index contributed by atoms with van der Waals surface area (Å²) < 4.78 is 0. The van der Waals surface area contributed by atoms with E-state index >= 15 is 0 Å². The first-order chi connectivity index (χ1) is 8.27. The van der Waals surface area contributed by atoms with Gasteiger partial charge >= 0.3 is 0 Å². The van der Waals surface area contributed by atoms with Crippen LogP contribution in [0.3, 0.4) is 0 Å². The molecule has 17 heavy (non-hydrogen) atoms. The number of carbonyl (C=O) groups excluding carboxylic acids is 1. The Bertz CT molecular complexity index is 247. The van der Waals surface area contributed by atoms with Gasteiger partial charge in [0, 0.05) is 25.6 Å². The smallest absolute Gasteiger partial charge is 0.223 e. The Kier molecular flexibility index (Phi) is 6.63. The first kappa shape index (κ1) is 14.0. The Morgan fingerprint density at radius 2 is 2.00 bits per heavy atom. The minimum atomic E-state index is 0.206. The Balaban J connectivity index is 2.29. The first-order valence-corrected chi connectivity index (χ1v) is 6.51. The number of amides is 1. The number of nitrogens with zero attached hydrogens (tertiary/aromatic N) is 1. The van der Waals surface area contributed by atoms with E-state index in [-0.39, 0.29) is 5.91 Å². The van der Waals surface area contributed by atoms with Crippen molar-refractivity contribution in [3.8, 4) is 0 Å². The predicted molar refractivity (Wildman–Crippen MR) is 71.8 cm³/mol. The fraction of sp³-hybridized carbons (Fsp3) is 0.643. The summed E-state index contributed by atoms with van der Waals surface area (Å²) in [6.45, 7) is 9.68. The maximum Gasteiger partial charge on any atom is 0.223 e. The van der Waals surface area contributed by atoms with Crippen LogP contribution in [-0.4, -0.2) is 36.5 Å². The maximum absolute atomic E-state index is 12.0. The summed E-state index contributed by atoms with van der Waals surface area (Å²) in [5.74, 6) is 0.206. The highest BCUT2D eigenvalue weighted by atomic mass is 16.2. The van der Waals surface area contributed by atoms with Crippen LogP contribution in [-0.2, 0) is 4.79 Å². The van der Waals surface area contributed by atoms with Gasteiger partial charge in [-0.25, -0.2) is 0 Å². The van der Waals surface area contributed by atoms with Gasteiger partial charge in [0.25, 0.3) is 0 Å². The fourth-order valence-electron chi connectivity index (χ4n) is 2.22. The number of carbonyl (C=O) groups is 1. The fourth-order valence-corrected chi connectivity index (χ4v) is 2.22. The molecule has 1 atom stereocenters. The Labute approximate surface area is 105 Å². The summed E-state index contributed by atoms with van der Waals surface area (Å²) in [4.78, 5) is 13.8. The van der Waals surface area contributed by atoms with Gasteiger partial charge in [0.1, 0.15) is 0 Å². The molecule has 0 radical (unpaired) electrons. The van der Waals surface area contributed by atoms with E-state index in [9.17, 15) is 4.79 Å². The van der Waals surface area contributed by atoms with Crippen LogP contribution >= 0.6 is 0 Å². The minimum Gasteiger partial charge on any atom is -0.335 e. The molecule has 3 nitrogen and oxygen atoms in total. The normalized spacial score (nSPS) is 19.6. The quantitative estimate of drug-likeness (QED) is 0.687. The zero-order valence-electron chi connectivity index (χ0n) is 10.7. The molecule has 1 heterocycles. The van der Waals surface area contributed by atoms with Gasteiger partial charge < -0.3 is 10.2 Å². The minimum absolute atomic E-state index is 0.206. The molecule has 0 aromatic heterocycles. The Morgan fingerprint density at radius 3 is 2.53 bits per heavy atom. The highest BCUT2D eigenvalue weighted by Crippen LogP contribution is 2.12. The molecular formula is C14H24N2O. The average molecular weight is 236 g/mol. The van der Waals surface area contributed by atoms with Crippen LogP contribution in [0.4, 0.5) is 0 Å². The molecule has 3 heteroatoms. The lowest BCUT2D eigenvalue weighted by molar-refractivity contribution is -0.130. The van der Waals surface area contributed by atoms with Crippen molar-refractivity contribution in [2.24, 2.45) is 0 Å². The largest absolute Gasteiger partial charge is 0.335 e. The lowest BCUT2D eigenvalue weighted by Gasteiger charge is -2.25. The third-order valence-electron chi connectivity index (χ3n) is 3.17. The molecule has 0 aliphatic carbocycles. The van der Waals surface area contributed by atoms with Crippen LogP contribution in [0.15, 0.2) is 25.3 Å². The molecular weight excluding hydrogens is 212 g/mol. The zero-order chi connectivity index (χ0) is 12.5.